The summed E-state index contributed by atoms with van der Waals surface area (Å²) in [6.45, 7) is 13.6. The van der Waals surface area contributed by atoms with Gasteiger partial charge in [0.15, 0.2) is 0 Å². The van der Waals surface area contributed by atoms with Crippen molar-refractivity contribution in [3.05, 3.63) is 16.8 Å². The molecule has 6 nitrogen and oxygen atoms in total. The highest BCUT2D eigenvalue weighted by atomic mass is 32.1. The molecule has 0 radical (unpaired) electrons. The van der Waals surface area contributed by atoms with E-state index in [2.05, 4.69) is 40.5 Å². The Morgan fingerprint density at radius 2 is 1.86 bits per heavy atom. The van der Waals surface area contributed by atoms with Crippen molar-refractivity contribution >= 4 is 33.3 Å². The van der Waals surface area contributed by atoms with Crippen molar-refractivity contribution in [2.24, 2.45) is 5.92 Å². The number of piperazine rings is 1. The fourth-order valence-electron chi connectivity index (χ4n) is 4.35. The number of aryl methyl sites for hydroxylation is 1. The maximum atomic E-state index is 13.2. The molecule has 1 amide bonds. The topological polar surface area (TPSA) is 52.6 Å². The first-order chi connectivity index (χ1) is 13.6. The summed E-state index contributed by atoms with van der Waals surface area (Å²) in [5.41, 5.74) is 1.05. The summed E-state index contributed by atoms with van der Waals surface area (Å²) < 4.78 is 0. The second-order valence-electron chi connectivity index (χ2n) is 8.24. The van der Waals surface area contributed by atoms with Gasteiger partial charge in [-0.2, -0.15) is 0 Å². The smallest absolute Gasteiger partial charge is 0.264 e. The fourth-order valence-corrected chi connectivity index (χ4v) is 5.46. The van der Waals surface area contributed by atoms with Crippen LogP contribution >= 0.6 is 11.3 Å². The summed E-state index contributed by atoms with van der Waals surface area (Å²) in [5, 5.41) is 1.07. The number of thiophene rings is 1. The molecule has 2 aromatic rings. The van der Waals surface area contributed by atoms with Crippen LogP contribution in [-0.4, -0.2) is 71.5 Å². The molecule has 0 atom stereocenters. The maximum absolute atomic E-state index is 13.2. The maximum Gasteiger partial charge on any atom is 0.264 e. The molecule has 28 heavy (non-hydrogen) atoms. The number of aromatic nitrogens is 2. The average molecular weight is 402 g/mol. The number of amides is 1. The van der Waals surface area contributed by atoms with E-state index in [1.807, 2.05) is 4.90 Å². The number of hydrogen-bond acceptors (Lipinski definition) is 6. The number of fused-ring (bicyclic) bond motifs is 1. The van der Waals surface area contributed by atoms with E-state index in [4.69, 9.17) is 0 Å². The SMILES string of the molecule is CCCN1CCN(c2ncnc3sc(C(=O)N4CCC(C)CC4)c(C)c23)CC1. The third-order valence-electron chi connectivity index (χ3n) is 6.18. The van der Waals surface area contributed by atoms with Crippen LogP contribution in [0.4, 0.5) is 5.82 Å². The van der Waals surface area contributed by atoms with Gasteiger partial charge in [0.05, 0.1) is 10.3 Å². The molecular formula is C21H31N5OS. The number of anilines is 1. The highest BCUT2D eigenvalue weighted by molar-refractivity contribution is 7.20. The zero-order valence-corrected chi connectivity index (χ0v) is 18.1. The quantitative estimate of drug-likeness (QED) is 0.786. The molecule has 0 unspecified atom stereocenters. The first kappa shape index (κ1) is 19.6. The van der Waals surface area contributed by atoms with E-state index in [0.717, 1.165) is 91.0 Å². The average Bonchev–Trinajstić information content (AvgIpc) is 3.06. The lowest BCUT2D eigenvalue weighted by atomic mass is 9.99. The fraction of sp³-hybridized carbons (Fsp3) is 0.667. The van der Waals surface area contributed by atoms with Crippen molar-refractivity contribution in [3.63, 3.8) is 0 Å². The summed E-state index contributed by atoms with van der Waals surface area (Å²) in [7, 11) is 0. The van der Waals surface area contributed by atoms with Crippen LogP contribution in [0.5, 0.6) is 0 Å². The van der Waals surface area contributed by atoms with Gasteiger partial charge in [0.25, 0.3) is 5.91 Å². The molecule has 2 aliphatic rings. The lowest BCUT2D eigenvalue weighted by molar-refractivity contribution is 0.0701. The standard InChI is InChI=1S/C21H31N5OS/c1-4-7-24-10-12-25(13-11-24)19-17-16(3)18(28-20(17)23-14-22-19)21(27)26-8-5-15(2)6-9-26/h14-15H,4-13H2,1-3H3. The number of hydrogen-bond donors (Lipinski definition) is 0. The van der Waals surface area contributed by atoms with Crippen LogP contribution in [0.25, 0.3) is 10.2 Å². The molecule has 7 heteroatoms. The highest BCUT2D eigenvalue weighted by Gasteiger charge is 2.28. The third kappa shape index (κ3) is 3.74. The molecule has 2 aliphatic heterocycles. The number of likely N-dealkylation sites (tertiary alicyclic amines) is 1. The summed E-state index contributed by atoms with van der Waals surface area (Å²) >= 11 is 1.53. The second-order valence-corrected chi connectivity index (χ2v) is 9.24. The highest BCUT2D eigenvalue weighted by Crippen LogP contribution is 2.36. The Morgan fingerprint density at radius 1 is 1.14 bits per heavy atom. The van der Waals surface area contributed by atoms with E-state index in [-0.39, 0.29) is 5.91 Å². The lowest BCUT2D eigenvalue weighted by Crippen LogP contribution is -2.46. The molecule has 0 bridgehead atoms. The second kappa shape index (κ2) is 8.33. The zero-order valence-electron chi connectivity index (χ0n) is 17.3. The van der Waals surface area contributed by atoms with Crippen LogP contribution in [-0.2, 0) is 0 Å². The van der Waals surface area contributed by atoms with Gasteiger partial charge in [-0.3, -0.25) is 9.69 Å². The van der Waals surface area contributed by atoms with Crippen LogP contribution in [0, 0.1) is 12.8 Å². The van der Waals surface area contributed by atoms with Crippen molar-refractivity contribution < 1.29 is 4.79 Å². The van der Waals surface area contributed by atoms with E-state index in [0.29, 0.717) is 0 Å². The Morgan fingerprint density at radius 3 is 2.54 bits per heavy atom. The molecule has 4 heterocycles. The van der Waals surface area contributed by atoms with Gasteiger partial charge < -0.3 is 9.80 Å². The monoisotopic (exact) mass is 401 g/mol. The number of carbonyl (C=O) groups excluding carboxylic acids is 1. The molecule has 0 N–H and O–H groups in total. The molecule has 0 aromatic carbocycles. The minimum Gasteiger partial charge on any atom is -0.353 e. The van der Waals surface area contributed by atoms with Gasteiger partial charge in [-0.15, -0.1) is 11.3 Å². The van der Waals surface area contributed by atoms with Gasteiger partial charge in [-0.1, -0.05) is 13.8 Å². The Bertz CT molecular complexity index is 835. The van der Waals surface area contributed by atoms with Crippen molar-refractivity contribution in [2.75, 3.05) is 50.7 Å². The van der Waals surface area contributed by atoms with Crippen LogP contribution < -0.4 is 4.90 Å². The number of nitrogens with zero attached hydrogens (tertiary/aromatic N) is 5. The Balaban J connectivity index is 1.59. The third-order valence-corrected chi connectivity index (χ3v) is 7.37. The van der Waals surface area contributed by atoms with Crippen molar-refractivity contribution in [1.29, 1.82) is 0 Å². The van der Waals surface area contributed by atoms with E-state index in [1.54, 1.807) is 6.33 Å². The van der Waals surface area contributed by atoms with Gasteiger partial charge in [0.2, 0.25) is 0 Å². The summed E-state index contributed by atoms with van der Waals surface area (Å²) in [5.74, 6) is 1.89. The number of piperidine rings is 1. The van der Waals surface area contributed by atoms with E-state index >= 15 is 0 Å². The normalized spacial score (nSPS) is 19.5. The van der Waals surface area contributed by atoms with Gasteiger partial charge in [0.1, 0.15) is 17.0 Å². The lowest BCUT2D eigenvalue weighted by Gasteiger charge is -2.35. The molecule has 0 aliphatic carbocycles. The summed E-state index contributed by atoms with van der Waals surface area (Å²) in [6.07, 6.45) is 5.05. The van der Waals surface area contributed by atoms with Gasteiger partial charge in [-0.05, 0) is 44.2 Å². The molecule has 2 fully saturated rings. The van der Waals surface area contributed by atoms with Crippen LogP contribution in [0.3, 0.4) is 0 Å². The van der Waals surface area contributed by atoms with Crippen LogP contribution in [0.15, 0.2) is 6.33 Å². The van der Waals surface area contributed by atoms with E-state index < -0.39 is 0 Å². The first-order valence-corrected chi connectivity index (χ1v) is 11.4. The number of carbonyl (C=O) groups is 1. The van der Waals surface area contributed by atoms with E-state index in [9.17, 15) is 4.79 Å². The first-order valence-electron chi connectivity index (χ1n) is 10.6. The molecule has 4 rings (SSSR count). The minimum atomic E-state index is 0.172. The predicted octanol–water partition coefficient (Wildman–Crippen LogP) is 3.40. The van der Waals surface area contributed by atoms with Gasteiger partial charge >= 0.3 is 0 Å². The number of rotatable bonds is 4. The van der Waals surface area contributed by atoms with Gasteiger partial charge in [-0.25, -0.2) is 9.97 Å². The Labute approximate surface area is 171 Å². The Kier molecular flexibility index (Phi) is 5.83. The molecule has 2 aromatic heterocycles. The van der Waals surface area contributed by atoms with E-state index in [1.165, 1.54) is 17.8 Å². The predicted molar refractivity (Wildman–Crippen MR) is 115 cm³/mol. The summed E-state index contributed by atoms with van der Waals surface area (Å²) in [6, 6.07) is 0. The van der Waals surface area contributed by atoms with Crippen LogP contribution in [0.2, 0.25) is 0 Å². The molecule has 0 saturated carbocycles. The Hall–Kier alpha value is -1.73. The summed E-state index contributed by atoms with van der Waals surface area (Å²) in [4.78, 5) is 31.0. The van der Waals surface area contributed by atoms with Crippen molar-refractivity contribution in [1.82, 2.24) is 19.8 Å². The van der Waals surface area contributed by atoms with Crippen LogP contribution in [0.1, 0.15) is 48.3 Å². The zero-order chi connectivity index (χ0) is 19.7. The molecule has 2 saturated heterocycles. The molecule has 152 valence electrons. The van der Waals surface area contributed by atoms with Crippen molar-refractivity contribution in [3.8, 4) is 0 Å². The molecular weight excluding hydrogens is 370 g/mol. The van der Waals surface area contributed by atoms with Crippen molar-refractivity contribution in [2.45, 2.75) is 40.0 Å². The largest absolute Gasteiger partial charge is 0.353 e. The molecule has 0 spiro atoms. The minimum absolute atomic E-state index is 0.172. The van der Waals surface area contributed by atoms with Gasteiger partial charge in [0, 0.05) is 39.3 Å².